The second kappa shape index (κ2) is 7.45. The Kier molecular flexibility index (Phi) is 6.24. The van der Waals surface area contributed by atoms with Gasteiger partial charge in [0.25, 0.3) is 0 Å². The van der Waals surface area contributed by atoms with Crippen molar-refractivity contribution in [2.24, 2.45) is 5.73 Å². The molecule has 1 atom stereocenters. The molecule has 1 amide bonds. The van der Waals surface area contributed by atoms with E-state index < -0.39 is 6.04 Å². The predicted octanol–water partition coefficient (Wildman–Crippen LogP) is 1.16. The smallest absolute Gasteiger partial charge is 0.239 e. The van der Waals surface area contributed by atoms with Crippen molar-refractivity contribution in [2.45, 2.75) is 32.4 Å². The van der Waals surface area contributed by atoms with Crippen LogP contribution in [-0.4, -0.2) is 42.6 Å². The maximum atomic E-state index is 12.0. The number of amides is 1. The van der Waals surface area contributed by atoms with Crippen molar-refractivity contribution in [2.75, 3.05) is 20.8 Å². The summed E-state index contributed by atoms with van der Waals surface area (Å²) >= 11 is 1.56. The minimum Gasteiger partial charge on any atom is -0.385 e. The first-order valence-electron chi connectivity index (χ1n) is 5.94. The lowest BCUT2D eigenvalue weighted by Gasteiger charge is -2.20. The molecule has 0 bridgehead atoms. The van der Waals surface area contributed by atoms with Crippen LogP contribution >= 0.6 is 11.3 Å². The van der Waals surface area contributed by atoms with Gasteiger partial charge in [-0.05, 0) is 19.8 Å². The number of hydrogen-bond acceptors (Lipinski definition) is 5. The van der Waals surface area contributed by atoms with Crippen LogP contribution in [0.4, 0.5) is 0 Å². The zero-order valence-corrected chi connectivity index (χ0v) is 12.0. The highest BCUT2D eigenvalue weighted by Crippen LogP contribution is 2.14. The van der Waals surface area contributed by atoms with E-state index in [4.69, 9.17) is 10.5 Å². The third kappa shape index (κ3) is 4.36. The van der Waals surface area contributed by atoms with Crippen LogP contribution in [0.1, 0.15) is 23.4 Å². The zero-order valence-electron chi connectivity index (χ0n) is 11.2. The predicted molar refractivity (Wildman–Crippen MR) is 72.4 cm³/mol. The van der Waals surface area contributed by atoms with Crippen LogP contribution in [0.25, 0.3) is 0 Å². The molecule has 0 spiro atoms. The summed E-state index contributed by atoms with van der Waals surface area (Å²) in [5.74, 6) is -0.0288. The quantitative estimate of drug-likeness (QED) is 0.756. The summed E-state index contributed by atoms with van der Waals surface area (Å²) < 4.78 is 4.95. The van der Waals surface area contributed by atoms with E-state index in [0.717, 1.165) is 17.0 Å². The standard InChI is InChI=1S/C12H21N3O2S/c1-9-11(18-8-14-9)7-15(2)12(16)10(13)5-4-6-17-3/h8,10H,4-7,13H2,1-3H3. The van der Waals surface area contributed by atoms with Crippen LogP contribution in [0.3, 0.4) is 0 Å². The van der Waals surface area contributed by atoms with Crippen LogP contribution in [-0.2, 0) is 16.1 Å². The lowest BCUT2D eigenvalue weighted by atomic mass is 10.1. The van der Waals surface area contributed by atoms with Crippen LogP contribution in [0, 0.1) is 6.92 Å². The number of hydrogen-bond donors (Lipinski definition) is 1. The molecule has 1 aromatic heterocycles. The van der Waals surface area contributed by atoms with E-state index in [2.05, 4.69) is 4.98 Å². The monoisotopic (exact) mass is 271 g/mol. The van der Waals surface area contributed by atoms with Gasteiger partial charge < -0.3 is 15.4 Å². The lowest BCUT2D eigenvalue weighted by Crippen LogP contribution is -2.41. The van der Waals surface area contributed by atoms with Crippen LogP contribution < -0.4 is 5.73 Å². The van der Waals surface area contributed by atoms with Crippen molar-refractivity contribution in [1.82, 2.24) is 9.88 Å². The van der Waals surface area contributed by atoms with Crippen molar-refractivity contribution in [3.63, 3.8) is 0 Å². The molecule has 18 heavy (non-hydrogen) atoms. The van der Waals surface area contributed by atoms with Gasteiger partial charge in [-0.25, -0.2) is 4.98 Å². The van der Waals surface area contributed by atoms with Gasteiger partial charge in [-0.2, -0.15) is 0 Å². The van der Waals surface area contributed by atoms with Gasteiger partial charge in [0.15, 0.2) is 0 Å². The van der Waals surface area contributed by atoms with Crippen molar-refractivity contribution in [1.29, 1.82) is 0 Å². The fourth-order valence-electron chi connectivity index (χ4n) is 1.63. The first kappa shape index (κ1) is 15.1. The second-order valence-electron chi connectivity index (χ2n) is 4.30. The van der Waals surface area contributed by atoms with Crippen molar-refractivity contribution < 1.29 is 9.53 Å². The Bertz CT molecular complexity index is 381. The van der Waals surface area contributed by atoms with E-state index in [1.54, 1.807) is 35.9 Å². The Morgan fingerprint density at radius 2 is 2.39 bits per heavy atom. The summed E-state index contributed by atoms with van der Waals surface area (Å²) in [5.41, 5.74) is 8.64. The van der Waals surface area contributed by atoms with Crippen LogP contribution in [0.5, 0.6) is 0 Å². The van der Waals surface area contributed by atoms with E-state index in [9.17, 15) is 4.79 Å². The summed E-state index contributed by atoms with van der Waals surface area (Å²) in [6, 6.07) is -0.446. The molecule has 0 aliphatic heterocycles. The third-order valence-electron chi connectivity index (χ3n) is 2.78. The molecule has 0 fully saturated rings. The molecule has 1 rings (SSSR count). The average molecular weight is 271 g/mol. The Labute approximate surface area is 112 Å². The normalized spacial score (nSPS) is 12.4. The third-order valence-corrected chi connectivity index (χ3v) is 3.70. The van der Waals surface area contributed by atoms with E-state index in [0.29, 0.717) is 19.6 Å². The molecular weight excluding hydrogens is 250 g/mol. The Morgan fingerprint density at radius 1 is 1.67 bits per heavy atom. The van der Waals surface area contributed by atoms with Crippen LogP contribution in [0.15, 0.2) is 5.51 Å². The van der Waals surface area contributed by atoms with Gasteiger partial charge in [0.05, 0.1) is 23.8 Å². The number of aryl methyl sites for hydroxylation is 1. The summed E-state index contributed by atoms with van der Waals surface area (Å²) in [7, 11) is 3.42. The van der Waals surface area contributed by atoms with Gasteiger partial charge in [0.1, 0.15) is 0 Å². The van der Waals surface area contributed by atoms with Gasteiger partial charge in [-0.3, -0.25) is 4.79 Å². The maximum absolute atomic E-state index is 12.0. The van der Waals surface area contributed by atoms with E-state index >= 15 is 0 Å². The molecule has 0 aromatic carbocycles. The molecule has 0 saturated heterocycles. The summed E-state index contributed by atoms with van der Waals surface area (Å²) in [6.07, 6.45) is 1.45. The molecule has 0 aliphatic carbocycles. The molecule has 1 heterocycles. The zero-order chi connectivity index (χ0) is 13.5. The van der Waals surface area contributed by atoms with Crippen molar-refractivity contribution in [3.8, 4) is 0 Å². The van der Waals surface area contributed by atoms with Gasteiger partial charge in [-0.15, -0.1) is 11.3 Å². The SMILES string of the molecule is COCCCC(N)C(=O)N(C)Cc1scnc1C. The molecule has 1 aromatic rings. The largest absolute Gasteiger partial charge is 0.385 e. The summed E-state index contributed by atoms with van der Waals surface area (Å²) in [5, 5.41) is 0. The fourth-order valence-corrected chi connectivity index (χ4v) is 2.45. The number of nitrogens with two attached hydrogens (primary N) is 1. The first-order chi connectivity index (χ1) is 8.56. The van der Waals surface area contributed by atoms with E-state index in [1.165, 1.54) is 0 Å². The number of carbonyl (C=O) groups is 1. The number of aromatic nitrogens is 1. The topological polar surface area (TPSA) is 68.5 Å². The molecule has 0 radical (unpaired) electrons. The summed E-state index contributed by atoms with van der Waals surface area (Å²) in [6.45, 7) is 3.16. The van der Waals surface area contributed by atoms with E-state index in [1.807, 2.05) is 6.92 Å². The minimum atomic E-state index is -0.446. The molecule has 2 N–H and O–H groups in total. The van der Waals surface area contributed by atoms with Gasteiger partial charge >= 0.3 is 0 Å². The van der Waals surface area contributed by atoms with E-state index in [-0.39, 0.29) is 5.91 Å². The molecular formula is C12H21N3O2S. The summed E-state index contributed by atoms with van der Waals surface area (Å²) in [4.78, 5) is 19.0. The number of carbonyl (C=O) groups excluding carboxylic acids is 1. The lowest BCUT2D eigenvalue weighted by molar-refractivity contribution is -0.132. The van der Waals surface area contributed by atoms with Crippen molar-refractivity contribution >= 4 is 17.2 Å². The number of thiazole rings is 1. The molecule has 102 valence electrons. The van der Waals surface area contributed by atoms with Gasteiger partial charge in [0, 0.05) is 25.6 Å². The number of nitrogens with zero attached hydrogens (tertiary/aromatic N) is 2. The minimum absolute atomic E-state index is 0.0288. The molecule has 6 heteroatoms. The van der Waals surface area contributed by atoms with Gasteiger partial charge in [0.2, 0.25) is 5.91 Å². The van der Waals surface area contributed by atoms with Gasteiger partial charge in [-0.1, -0.05) is 0 Å². The molecule has 0 aliphatic rings. The Balaban J connectivity index is 2.43. The Morgan fingerprint density at radius 3 is 2.94 bits per heavy atom. The highest BCUT2D eigenvalue weighted by atomic mass is 32.1. The molecule has 0 saturated carbocycles. The average Bonchev–Trinajstić information content (AvgIpc) is 2.74. The van der Waals surface area contributed by atoms with Crippen molar-refractivity contribution in [3.05, 3.63) is 16.1 Å². The number of methoxy groups -OCH3 is 1. The highest BCUT2D eigenvalue weighted by Gasteiger charge is 2.18. The number of ether oxygens (including phenoxy) is 1. The fraction of sp³-hybridized carbons (Fsp3) is 0.667. The molecule has 5 nitrogen and oxygen atoms in total. The maximum Gasteiger partial charge on any atom is 0.239 e. The Hall–Kier alpha value is -0.980. The number of rotatable bonds is 7. The molecule has 1 unspecified atom stereocenters. The highest BCUT2D eigenvalue weighted by molar-refractivity contribution is 7.09. The first-order valence-corrected chi connectivity index (χ1v) is 6.82. The second-order valence-corrected chi connectivity index (χ2v) is 5.24. The number of likely N-dealkylation sites (N-methyl/N-ethyl adjacent to an activating group) is 1. The van der Waals surface area contributed by atoms with Crippen LogP contribution in [0.2, 0.25) is 0 Å².